The van der Waals surface area contributed by atoms with Crippen molar-refractivity contribution in [2.75, 3.05) is 0 Å². The molecular formula is C14H13F3N2OS. The molecule has 0 aliphatic heterocycles. The second kappa shape index (κ2) is 5.93. The van der Waals surface area contributed by atoms with E-state index in [-0.39, 0.29) is 18.1 Å². The van der Waals surface area contributed by atoms with Crippen molar-refractivity contribution in [1.29, 1.82) is 0 Å². The number of Topliss-reactive ketones (excluding diaryl/α,β-unsaturated/α-hetero) is 1. The van der Waals surface area contributed by atoms with Gasteiger partial charge in [-0.3, -0.25) is 4.79 Å². The zero-order valence-electron chi connectivity index (χ0n) is 11.4. The molecule has 112 valence electrons. The molecule has 0 bridgehead atoms. The molecule has 0 saturated carbocycles. The Bertz CT molecular complexity index is 632. The molecule has 0 radical (unpaired) electrons. The number of nitrogens with zero attached hydrogens (tertiary/aromatic N) is 2. The van der Waals surface area contributed by atoms with Gasteiger partial charge >= 0.3 is 6.18 Å². The molecule has 0 aliphatic rings. The van der Waals surface area contributed by atoms with Crippen molar-refractivity contribution >= 4 is 17.3 Å². The van der Waals surface area contributed by atoms with E-state index in [9.17, 15) is 18.0 Å². The van der Waals surface area contributed by atoms with Crippen LogP contribution in [0.1, 0.15) is 46.3 Å². The summed E-state index contributed by atoms with van der Waals surface area (Å²) < 4.78 is 41.2. The zero-order chi connectivity index (χ0) is 15.6. The highest BCUT2D eigenvalue weighted by Gasteiger charge is 2.30. The van der Waals surface area contributed by atoms with Crippen LogP contribution in [-0.4, -0.2) is 15.4 Å². The third kappa shape index (κ3) is 3.66. The van der Waals surface area contributed by atoms with Gasteiger partial charge < -0.3 is 0 Å². The number of carbonyl (C=O) groups excluding carboxylic acids is 1. The van der Waals surface area contributed by atoms with Crippen molar-refractivity contribution in [2.45, 2.75) is 32.4 Å². The van der Waals surface area contributed by atoms with Gasteiger partial charge in [-0.2, -0.15) is 13.2 Å². The third-order valence-corrected chi connectivity index (χ3v) is 3.74. The Hall–Kier alpha value is -1.76. The maximum atomic E-state index is 12.5. The average Bonchev–Trinajstić information content (AvgIpc) is 2.87. The Labute approximate surface area is 124 Å². The minimum absolute atomic E-state index is 0.0434. The summed E-state index contributed by atoms with van der Waals surface area (Å²) in [6, 6.07) is 4.61. The number of alkyl halides is 3. The first-order valence-electron chi connectivity index (χ1n) is 6.30. The number of aromatic nitrogens is 2. The highest BCUT2D eigenvalue weighted by Crippen LogP contribution is 2.29. The monoisotopic (exact) mass is 314 g/mol. The number of ketones is 1. The number of benzene rings is 1. The predicted octanol–water partition coefficient (Wildman–Crippen LogP) is 4.11. The normalized spacial score (nSPS) is 11.9. The van der Waals surface area contributed by atoms with Gasteiger partial charge in [0.15, 0.2) is 5.78 Å². The maximum absolute atomic E-state index is 12.5. The molecule has 21 heavy (non-hydrogen) atoms. The SMILES string of the molecule is CC(C)c1nnsc1C(=O)Cc1ccc(C(F)(F)F)cc1. The highest BCUT2D eigenvalue weighted by molar-refractivity contribution is 7.08. The molecule has 2 aromatic rings. The van der Waals surface area contributed by atoms with Gasteiger partial charge in [0.2, 0.25) is 0 Å². The summed E-state index contributed by atoms with van der Waals surface area (Å²) in [4.78, 5) is 12.7. The molecule has 0 amide bonds. The van der Waals surface area contributed by atoms with Crippen molar-refractivity contribution in [3.8, 4) is 0 Å². The smallest absolute Gasteiger partial charge is 0.293 e. The molecule has 1 aromatic heterocycles. The van der Waals surface area contributed by atoms with Gasteiger partial charge in [0.1, 0.15) is 4.88 Å². The second-order valence-electron chi connectivity index (χ2n) is 4.94. The van der Waals surface area contributed by atoms with E-state index in [1.54, 1.807) is 0 Å². The van der Waals surface area contributed by atoms with Gasteiger partial charge in [-0.05, 0) is 35.1 Å². The van der Waals surface area contributed by atoms with Crippen molar-refractivity contribution in [1.82, 2.24) is 9.59 Å². The zero-order valence-corrected chi connectivity index (χ0v) is 12.3. The number of halogens is 3. The number of rotatable bonds is 4. The molecule has 2 rings (SSSR count). The lowest BCUT2D eigenvalue weighted by Gasteiger charge is -2.07. The molecule has 0 unspecified atom stereocenters. The van der Waals surface area contributed by atoms with Gasteiger partial charge in [0.05, 0.1) is 11.3 Å². The van der Waals surface area contributed by atoms with E-state index < -0.39 is 11.7 Å². The molecular weight excluding hydrogens is 301 g/mol. The van der Waals surface area contributed by atoms with Crippen LogP contribution in [0.4, 0.5) is 13.2 Å². The van der Waals surface area contributed by atoms with Crippen LogP contribution in [0, 0.1) is 0 Å². The van der Waals surface area contributed by atoms with E-state index >= 15 is 0 Å². The second-order valence-corrected chi connectivity index (χ2v) is 5.69. The summed E-state index contributed by atoms with van der Waals surface area (Å²) >= 11 is 1.02. The first-order chi connectivity index (χ1) is 9.79. The Morgan fingerprint density at radius 3 is 2.38 bits per heavy atom. The van der Waals surface area contributed by atoms with Crippen LogP contribution >= 0.6 is 11.5 Å². The molecule has 0 spiro atoms. The molecule has 1 heterocycles. The van der Waals surface area contributed by atoms with Crippen LogP contribution in [0.5, 0.6) is 0 Å². The summed E-state index contributed by atoms with van der Waals surface area (Å²) in [5.74, 6) is -0.0937. The van der Waals surface area contributed by atoms with Crippen molar-refractivity contribution < 1.29 is 18.0 Å². The fourth-order valence-electron chi connectivity index (χ4n) is 1.85. The van der Waals surface area contributed by atoms with Crippen molar-refractivity contribution in [3.05, 3.63) is 46.0 Å². The van der Waals surface area contributed by atoms with Gasteiger partial charge in [-0.25, -0.2) is 0 Å². The van der Waals surface area contributed by atoms with Crippen LogP contribution in [0.2, 0.25) is 0 Å². The topological polar surface area (TPSA) is 42.9 Å². The van der Waals surface area contributed by atoms with Crippen molar-refractivity contribution in [3.63, 3.8) is 0 Å². The van der Waals surface area contributed by atoms with Gasteiger partial charge in [-0.15, -0.1) is 5.10 Å². The average molecular weight is 314 g/mol. The van der Waals surface area contributed by atoms with Crippen LogP contribution in [0.15, 0.2) is 24.3 Å². The van der Waals surface area contributed by atoms with Gasteiger partial charge in [-0.1, -0.05) is 30.5 Å². The fourth-order valence-corrected chi connectivity index (χ4v) is 2.60. The quantitative estimate of drug-likeness (QED) is 0.798. The Balaban J connectivity index is 2.15. The molecule has 0 fully saturated rings. The summed E-state index contributed by atoms with van der Waals surface area (Å²) in [6.07, 6.45) is -4.32. The summed E-state index contributed by atoms with van der Waals surface area (Å²) in [6.45, 7) is 3.82. The number of hydrogen-bond acceptors (Lipinski definition) is 4. The van der Waals surface area contributed by atoms with Crippen molar-refractivity contribution in [2.24, 2.45) is 0 Å². The number of carbonyl (C=O) groups is 1. The first-order valence-corrected chi connectivity index (χ1v) is 7.08. The van der Waals surface area contributed by atoms with E-state index in [1.165, 1.54) is 12.1 Å². The van der Waals surface area contributed by atoms with E-state index in [4.69, 9.17) is 0 Å². The highest BCUT2D eigenvalue weighted by atomic mass is 32.1. The van der Waals surface area contributed by atoms with Crippen LogP contribution in [0.25, 0.3) is 0 Å². The molecule has 0 aliphatic carbocycles. The molecule has 1 aromatic carbocycles. The fraction of sp³-hybridized carbons (Fsp3) is 0.357. The standard InChI is InChI=1S/C14H13F3N2OS/c1-8(2)12-13(21-19-18-12)11(20)7-9-3-5-10(6-4-9)14(15,16)17/h3-6,8H,7H2,1-2H3. The predicted molar refractivity (Wildman–Crippen MR) is 73.5 cm³/mol. The van der Waals surface area contributed by atoms with Crippen LogP contribution in [-0.2, 0) is 12.6 Å². The van der Waals surface area contributed by atoms with Gasteiger partial charge in [0, 0.05) is 6.42 Å². The van der Waals surface area contributed by atoms with E-state index in [2.05, 4.69) is 9.59 Å². The minimum atomic E-state index is -4.37. The minimum Gasteiger partial charge on any atom is -0.293 e. The molecule has 3 nitrogen and oxygen atoms in total. The summed E-state index contributed by atoms with van der Waals surface area (Å²) in [7, 11) is 0. The Morgan fingerprint density at radius 1 is 1.24 bits per heavy atom. The Morgan fingerprint density at radius 2 is 1.86 bits per heavy atom. The van der Waals surface area contributed by atoms with Crippen LogP contribution in [0.3, 0.4) is 0 Å². The van der Waals surface area contributed by atoms with E-state index in [1.807, 2.05) is 13.8 Å². The third-order valence-electron chi connectivity index (χ3n) is 2.96. The lowest BCUT2D eigenvalue weighted by Crippen LogP contribution is -2.07. The molecule has 0 N–H and O–H groups in total. The number of hydrogen-bond donors (Lipinski definition) is 0. The molecule has 0 saturated heterocycles. The first kappa shape index (κ1) is 15.6. The lowest BCUT2D eigenvalue weighted by molar-refractivity contribution is -0.137. The van der Waals surface area contributed by atoms with Gasteiger partial charge in [0.25, 0.3) is 0 Å². The summed E-state index contributed by atoms with van der Waals surface area (Å²) in [5, 5.41) is 3.92. The lowest BCUT2D eigenvalue weighted by atomic mass is 10.0. The van der Waals surface area contributed by atoms with Crippen LogP contribution < -0.4 is 0 Å². The maximum Gasteiger partial charge on any atom is 0.416 e. The molecule has 0 atom stereocenters. The summed E-state index contributed by atoms with van der Waals surface area (Å²) in [5.41, 5.74) is 0.453. The van der Waals surface area contributed by atoms with E-state index in [0.717, 1.165) is 23.7 Å². The molecule has 7 heteroatoms. The Kier molecular flexibility index (Phi) is 4.41. The van der Waals surface area contributed by atoms with E-state index in [0.29, 0.717) is 16.1 Å². The largest absolute Gasteiger partial charge is 0.416 e.